The molecule has 0 unspecified atom stereocenters. The van der Waals surface area contributed by atoms with Crippen LogP contribution >= 0.6 is 15.9 Å². The highest BCUT2D eigenvalue weighted by Crippen LogP contribution is 2.19. The fraction of sp³-hybridized carbons (Fsp3) is 0.579. The number of carbonyl (C=O) groups excluding carboxylic acids is 2. The van der Waals surface area contributed by atoms with E-state index in [1.54, 1.807) is 17.9 Å². The minimum Gasteiger partial charge on any atom is -0.462 e. The van der Waals surface area contributed by atoms with E-state index in [9.17, 15) is 9.59 Å². The lowest BCUT2D eigenvalue weighted by atomic mass is 10.1. The van der Waals surface area contributed by atoms with Crippen LogP contribution in [0.4, 0.5) is 4.79 Å². The lowest BCUT2D eigenvalue weighted by Gasteiger charge is -2.35. The first-order chi connectivity index (χ1) is 12.2. The molecule has 1 amide bonds. The van der Waals surface area contributed by atoms with Gasteiger partial charge in [-0.3, -0.25) is 4.90 Å². The predicted molar refractivity (Wildman–Crippen MR) is 103 cm³/mol. The topological polar surface area (TPSA) is 59.1 Å². The molecular formula is C19H27BrN2O4. The quantitative estimate of drug-likeness (QED) is 0.687. The minimum atomic E-state index is -0.478. The van der Waals surface area contributed by atoms with E-state index in [1.165, 1.54) is 0 Å². The summed E-state index contributed by atoms with van der Waals surface area (Å²) < 4.78 is 11.4. The average Bonchev–Trinajstić information content (AvgIpc) is 2.53. The van der Waals surface area contributed by atoms with Crippen LogP contribution < -0.4 is 0 Å². The number of halogens is 1. The Labute approximate surface area is 163 Å². The van der Waals surface area contributed by atoms with Crippen molar-refractivity contribution >= 4 is 28.0 Å². The number of benzene rings is 1. The second kappa shape index (κ2) is 8.86. The van der Waals surface area contributed by atoms with Crippen LogP contribution in [0.3, 0.4) is 0 Å². The summed E-state index contributed by atoms with van der Waals surface area (Å²) in [5.74, 6) is -0.315. The monoisotopic (exact) mass is 426 g/mol. The third-order valence-electron chi connectivity index (χ3n) is 3.90. The summed E-state index contributed by atoms with van der Waals surface area (Å²) in [7, 11) is 0. The minimum absolute atomic E-state index is 0.260. The van der Waals surface area contributed by atoms with Gasteiger partial charge in [-0.2, -0.15) is 0 Å². The maximum absolute atomic E-state index is 12.1. The van der Waals surface area contributed by atoms with Crippen LogP contribution in [0.15, 0.2) is 22.7 Å². The summed E-state index contributed by atoms with van der Waals surface area (Å²) >= 11 is 3.46. The molecule has 0 aliphatic carbocycles. The number of hydrogen-bond donors (Lipinski definition) is 0. The first-order valence-electron chi connectivity index (χ1n) is 8.85. The van der Waals surface area contributed by atoms with Gasteiger partial charge in [0.1, 0.15) is 5.60 Å². The van der Waals surface area contributed by atoms with Crippen LogP contribution in [0, 0.1) is 0 Å². The van der Waals surface area contributed by atoms with E-state index in [1.807, 2.05) is 32.9 Å². The van der Waals surface area contributed by atoms with Gasteiger partial charge in [-0.15, -0.1) is 0 Å². The maximum atomic E-state index is 12.1. The molecule has 0 bridgehead atoms. The molecule has 1 saturated heterocycles. The van der Waals surface area contributed by atoms with Gasteiger partial charge in [-0.05, 0) is 51.5 Å². The molecule has 6 nitrogen and oxygen atoms in total. The van der Waals surface area contributed by atoms with Crippen molar-refractivity contribution in [1.29, 1.82) is 0 Å². The van der Waals surface area contributed by atoms with Crippen LogP contribution in [0.25, 0.3) is 0 Å². The number of piperazine rings is 1. The van der Waals surface area contributed by atoms with Gasteiger partial charge >= 0.3 is 12.1 Å². The Morgan fingerprint density at radius 3 is 2.35 bits per heavy atom. The molecule has 0 atom stereocenters. The Morgan fingerprint density at radius 2 is 1.77 bits per heavy atom. The zero-order valence-corrected chi connectivity index (χ0v) is 17.5. The standard InChI is InChI=1S/C19H27BrN2O4/c1-5-25-17(23)15-10-14(11-16(20)12-15)13-21-6-8-22(9-7-21)18(24)26-19(2,3)4/h10-12H,5-9,13H2,1-4H3. The fourth-order valence-electron chi connectivity index (χ4n) is 2.75. The van der Waals surface area contributed by atoms with Crippen molar-refractivity contribution in [2.45, 2.75) is 39.8 Å². The van der Waals surface area contributed by atoms with Crippen LogP contribution in [0.5, 0.6) is 0 Å². The number of hydrogen-bond acceptors (Lipinski definition) is 5. The zero-order valence-electron chi connectivity index (χ0n) is 15.9. The molecule has 1 aromatic carbocycles. The molecule has 0 saturated carbocycles. The van der Waals surface area contributed by atoms with E-state index in [0.717, 1.165) is 23.1 Å². The maximum Gasteiger partial charge on any atom is 0.410 e. The summed E-state index contributed by atoms with van der Waals surface area (Å²) in [5, 5.41) is 0. The molecule has 1 aromatic rings. The van der Waals surface area contributed by atoms with Crippen molar-refractivity contribution in [3.8, 4) is 0 Å². The Bertz CT molecular complexity index is 649. The molecule has 0 radical (unpaired) electrons. The smallest absolute Gasteiger partial charge is 0.410 e. The number of esters is 1. The van der Waals surface area contributed by atoms with Crippen molar-refractivity contribution < 1.29 is 19.1 Å². The highest BCUT2D eigenvalue weighted by Gasteiger charge is 2.26. The van der Waals surface area contributed by atoms with Gasteiger partial charge in [0.2, 0.25) is 0 Å². The van der Waals surface area contributed by atoms with Crippen molar-refractivity contribution in [2.24, 2.45) is 0 Å². The predicted octanol–water partition coefficient (Wildman–Crippen LogP) is 3.68. The number of carbonyl (C=O) groups is 2. The van der Waals surface area contributed by atoms with Crippen molar-refractivity contribution in [2.75, 3.05) is 32.8 Å². The average molecular weight is 427 g/mol. The molecule has 0 spiro atoms. The third kappa shape index (κ3) is 6.29. The van der Waals surface area contributed by atoms with Gasteiger partial charge in [0.05, 0.1) is 12.2 Å². The first kappa shape index (κ1) is 20.7. The van der Waals surface area contributed by atoms with Gasteiger partial charge in [0.25, 0.3) is 0 Å². The molecule has 1 aliphatic heterocycles. The highest BCUT2D eigenvalue weighted by atomic mass is 79.9. The van der Waals surface area contributed by atoms with Gasteiger partial charge in [-0.25, -0.2) is 9.59 Å². The second-order valence-electron chi connectivity index (χ2n) is 7.31. The SMILES string of the molecule is CCOC(=O)c1cc(Br)cc(CN2CCN(C(=O)OC(C)(C)C)CC2)c1. The number of ether oxygens (including phenoxy) is 2. The third-order valence-corrected chi connectivity index (χ3v) is 4.36. The highest BCUT2D eigenvalue weighted by molar-refractivity contribution is 9.10. The first-order valence-corrected chi connectivity index (χ1v) is 9.64. The van der Waals surface area contributed by atoms with Gasteiger partial charge in [-0.1, -0.05) is 15.9 Å². The molecule has 26 heavy (non-hydrogen) atoms. The molecule has 144 valence electrons. The van der Waals surface area contributed by atoms with Crippen molar-refractivity contribution in [3.63, 3.8) is 0 Å². The fourth-order valence-corrected chi connectivity index (χ4v) is 3.29. The van der Waals surface area contributed by atoms with E-state index in [4.69, 9.17) is 9.47 Å². The van der Waals surface area contributed by atoms with E-state index in [2.05, 4.69) is 20.8 Å². The number of nitrogens with zero attached hydrogens (tertiary/aromatic N) is 2. The Morgan fingerprint density at radius 1 is 1.12 bits per heavy atom. The van der Waals surface area contributed by atoms with Crippen LogP contribution in [-0.4, -0.2) is 60.2 Å². The number of amides is 1. The summed E-state index contributed by atoms with van der Waals surface area (Å²) in [6.07, 6.45) is -0.260. The summed E-state index contributed by atoms with van der Waals surface area (Å²) in [5.41, 5.74) is 1.10. The molecule has 0 N–H and O–H groups in total. The van der Waals surface area contributed by atoms with Gasteiger partial charge in [0, 0.05) is 37.2 Å². The summed E-state index contributed by atoms with van der Waals surface area (Å²) in [6.45, 7) is 11.3. The lowest BCUT2D eigenvalue weighted by molar-refractivity contribution is 0.0138. The van der Waals surface area contributed by atoms with E-state index < -0.39 is 5.60 Å². The molecule has 1 aliphatic rings. The molecular weight excluding hydrogens is 400 g/mol. The summed E-state index contributed by atoms with van der Waals surface area (Å²) in [6, 6.07) is 5.63. The van der Waals surface area contributed by atoms with Crippen LogP contribution in [0.1, 0.15) is 43.6 Å². The van der Waals surface area contributed by atoms with Crippen molar-refractivity contribution in [1.82, 2.24) is 9.80 Å². The summed E-state index contributed by atoms with van der Waals surface area (Å²) in [4.78, 5) is 28.1. The van der Waals surface area contributed by atoms with Gasteiger partial charge < -0.3 is 14.4 Å². The molecule has 2 rings (SSSR count). The zero-order chi connectivity index (χ0) is 19.3. The molecule has 0 aromatic heterocycles. The van der Waals surface area contributed by atoms with E-state index in [0.29, 0.717) is 31.8 Å². The van der Waals surface area contributed by atoms with E-state index >= 15 is 0 Å². The molecule has 1 fully saturated rings. The van der Waals surface area contributed by atoms with Crippen molar-refractivity contribution in [3.05, 3.63) is 33.8 Å². The van der Waals surface area contributed by atoms with Crippen LogP contribution in [-0.2, 0) is 16.0 Å². The number of rotatable bonds is 4. The Hall–Kier alpha value is -1.60. The molecule has 1 heterocycles. The lowest BCUT2D eigenvalue weighted by Crippen LogP contribution is -2.49. The Kier molecular flexibility index (Phi) is 7.06. The Balaban J connectivity index is 1.93. The van der Waals surface area contributed by atoms with E-state index in [-0.39, 0.29) is 12.1 Å². The second-order valence-corrected chi connectivity index (χ2v) is 8.23. The normalized spacial score (nSPS) is 15.7. The largest absolute Gasteiger partial charge is 0.462 e. The van der Waals surface area contributed by atoms with Crippen LogP contribution in [0.2, 0.25) is 0 Å². The van der Waals surface area contributed by atoms with Gasteiger partial charge in [0.15, 0.2) is 0 Å². The molecule has 7 heteroatoms.